The number of aryl methyl sites for hydroxylation is 2. The van der Waals surface area contributed by atoms with Gasteiger partial charge in [-0.1, -0.05) is 12.1 Å². The van der Waals surface area contributed by atoms with E-state index in [1.54, 1.807) is 31.6 Å². The van der Waals surface area contributed by atoms with Crippen molar-refractivity contribution in [2.24, 2.45) is 0 Å². The minimum absolute atomic E-state index is 0.203. The first-order chi connectivity index (χ1) is 11.7. The smallest absolute Gasteiger partial charge is 0.250 e. The second-order valence-corrected chi connectivity index (χ2v) is 6.58. The number of amides is 1. The molecular formula is C18H20N2O3S. The summed E-state index contributed by atoms with van der Waals surface area (Å²) in [6.07, 6.45) is 7.66. The summed E-state index contributed by atoms with van der Waals surface area (Å²) in [7, 11) is 3.16. The minimum atomic E-state index is -0.203. The van der Waals surface area contributed by atoms with Gasteiger partial charge in [-0.05, 0) is 37.8 Å². The average molecular weight is 344 g/mol. The molecule has 0 aliphatic heterocycles. The van der Waals surface area contributed by atoms with Gasteiger partial charge in [-0.3, -0.25) is 10.1 Å². The molecule has 3 rings (SSSR count). The van der Waals surface area contributed by atoms with E-state index in [1.165, 1.54) is 23.8 Å². The van der Waals surface area contributed by atoms with Gasteiger partial charge in [-0.25, -0.2) is 4.98 Å². The number of anilines is 1. The second kappa shape index (κ2) is 7.49. The zero-order valence-corrected chi connectivity index (χ0v) is 14.6. The lowest BCUT2D eigenvalue weighted by atomic mass is 10.0. The Kier molecular flexibility index (Phi) is 5.15. The Morgan fingerprint density at radius 3 is 2.83 bits per heavy atom. The first kappa shape index (κ1) is 16.5. The molecule has 0 atom stereocenters. The number of hydrogen-bond acceptors (Lipinski definition) is 5. The van der Waals surface area contributed by atoms with E-state index >= 15 is 0 Å². The lowest BCUT2D eigenvalue weighted by Gasteiger charge is -2.09. The van der Waals surface area contributed by atoms with E-state index in [2.05, 4.69) is 10.3 Å². The van der Waals surface area contributed by atoms with Crippen molar-refractivity contribution in [3.8, 4) is 11.5 Å². The van der Waals surface area contributed by atoms with Crippen molar-refractivity contribution in [2.75, 3.05) is 19.5 Å². The van der Waals surface area contributed by atoms with Crippen LogP contribution in [0.5, 0.6) is 11.5 Å². The van der Waals surface area contributed by atoms with Crippen LogP contribution in [0.4, 0.5) is 5.13 Å². The van der Waals surface area contributed by atoms with Gasteiger partial charge >= 0.3 is 0 Å². The van der Waals surface area contributed by atoms with Gasteiger partial charge in [0.15, 0.2) is 16.6 Å². The summed E-state index contributed by atoms with van der Waals surface area (Å²) in [5, 5.41) is 3.52. The molecule has 1 N–H and O–H groups in total. The van der Waals surface area contributed by atoms with Gasteiger partial charge < -0.3 is 9.47 Å². The molecule has 0 saturated heterocycles. The summed E-state index contributed by atoms with van der Waals surface area (Å²) in [6.45, 7) is 0. The van der Waals surface area contributed by atoms with Crippen molar-refractivity contribution < 1.29 is 14.3 Å². The molecule has 1 amide bonds. The molecule has 0 bridgehead atoms. The molecule has 1 heterocycles. The fourth-order valence-electron chi connectivity index (χ4n) is 2.76. The van der Waals surface area contributed by atoms with Crippen LogP contribution in [0.1, 0.15) is 29.0 Å². The zero-order valence-electron chi connectivity index (χ0n) is 13.8. The van der Waals surface area contributed by atoms with Crippen LogP contribution in [0.3, 0.4) is 0 Å². The highest BCUT2D eigenvalue weighted by atomic mass is 32.1. The minimum Gasteiger partial charge on any atom is -0.493 e. The van der Waals surface area contributed by atoms with Crippen molar-refractivity contribution in [3.05, 3.63) is 40.4 Å². The van der Waals surface area contributed by atoms with E-state index in [4.69, 9.17) is 9.47 Å². The first-order valence-corrected chi connectivity index (χ1v) is 8.71. The average Bonchev–Trinajstić information content (AvgIpc) is 3.01. The molecule has 1 aromatic heterocycles. The maximum absolute atomic E-state index is 12.1. The summed E-state index contributed by atoms with van der Waals surface area (Å²) < 4.78 is 10.6. The standard InChI is InChI=1S/C18H20N2O3S/c1-22-14-8-5-6-12(17(14)23-2)10-11-16(21)20-18-19-13-7-3-4-9-15(13)24-18/h5-6,8,10-11H,3-4,7,9H2,1-2H3,(H,19,20,21)/b11-10+. The Hall–Kier alpha value is -2.34. The SMILES string of the molecule is COc1cccc(/C=C/C(=O)Nc2nc3c(s2)CCCC3)c1OC. The molecule has 5 nitrogen and oxygen atoms in total. The largest absolute Gasteiger partial charge is 0.493 e. The number of nitrogens with zero attached hydrogens (tertiary/aromatic N) is 1. The topological polar surface area (TPSA) is 60.5 Å². The van der Waals surface area contributed by atoms with Gasteiger partial charge in [0.1, 0.15) is 0 Å². The number of benzene rings is 1. The number of hydrogen-bond donors (Lipinski definition) is 1. The number of rotatable bonds is 5. The van der Waals surface area contributed by atoms with Gasteiger partial charge in [-0.2, -0.15) is 0 Å². The number of para-hydroxylation sites is 1. The van der Waals surface area contributed by atoms with Crippen molar-refractivity contribution in [2.45, 2.75) is 25.7 Å². The Morgan fingerprint density at radius 2 is 2.08 bits per heavy atom. The number of carbonyl (C=O) groups excluding carboxylic acids is 1. The number of methoxy groups -OCH3 is 2. The van der Waals surface area contributed by atoms with Crippen LogP contribution >= 0.6 is 11.3 Å². The molecule has 0 fully saturated rings. The van der Waals surface area contributed by atoms with E-state index in [1.807, 2.05) is 18.2 Å². The Morgan fingerprint density at radius 1 is 1.25 bits per heavy atom. The fraction of sp³-hybridized carbons (Fsp3) is 0.333. The van der Waals surface area contributed by atoms with Crippen LogP contribution in [0.2, 0.25) is 0 Å². The van der Waals surface area contributed by atoms with Gasteiger partial charge in [0.05, 0.1) is 19.9 Å². The lowest BCUT2D eigenvalue weighted by Crippen LogP contribution is -2.07. The third-order valence-corrected chi connectivity index (χ3v) is 5.00. The number of nitrogens with one attached hydrogen (secondary N) is 1. The van der Waals surface area contributed by atoms with Crippen LogP contribution in [0.25, 0.3) is 6.08 Å². The van der Waals surface area contributed by atoms with Crippen molar-refractivity contribution in [1.82, 2.24) is 4.98 Å². The van der Waals surface area contributed by atoms with Crippen LogP contribution in [-0.2, 0) is 17.6 Å². The molecule has 0 spiro atoms. The summed E-state index contributed by atoms with van der Waals surface area (Å²) in [5.74, 6) is 1.03. The second-order valence-electron chi connectivity index (χ2n) is 5.50. The lowest BCUT2D eigenvalue weighted by molar-refractivity contribution is -0.111. The maximum Gasteiger partial charge on any atom is 0.250 e. The number of ether oxygens (including phenoxy) is 2. The summed E-state index contributed by atoms with van der Waals surface area (Å²) in [6, 6.07) is 5.54. The highest BCUT2D eigenvalue weighted by Gasteiger charge is 2.15. The molecule has 0 saturated carbocycles. The molecule has 1 aliphatic carbocycles. The Labute approximate surface area is 145 Å². The van der Waals surface area contributed by atoms with E-state index in [0.29, 0.717) is 16.6 Å². The van der Waals surface area contributed by atoms with Gasteiger partial charge in [0, 0.05) is 16.5 Å². The summed E-state index contributed by atoms with van der Waals surface area (Å²) in [5.41, 5.74) is 1.92. The van der Waals surface area contributed by atoms with Crippen LogP contribution in [0, 0.1) is 0 Å². The monoisotopic (exact) mass is 344 g/mol. The van der Waals surface area contributed by atoms with E-state index in [0.717, 1.165) is 24.1 Å². The van der Waals surface area contributed by atoms with Gasteiger partial charge in [-0.15, -0.1) is 11.3 Å². The van der Waals surface area contributed by atoms with E-state index in [9.17, 15) is 4.79 Å². The first-order valence-electron chi connectivity index (χ1n) is 7.90. The van der Waals surface area contributed by atoms with Crippen LogP contribution in [0.15, 0.2) is 24.3 Å². The third kappa shape index (κ3) is 3.59. The molecule has 126 valence electrons. The third-order valence-electron chi connectivity index (χ3n) is 3.92. The summed E-state index contributed by atoms with van der Waals surface area (Å²) in [4.78, 5) is 18.0. The summed E-state index contributed by atoms with van der Waals surface area (Å²) >= 11 is 1.58. The Bertz CT molecular complexity index is 744. The molecule has 6 heteroatoms. The highest BCUT2D eigenvalue weighted by molar-refractivity contribution is 7.15. The normalized spacial score (nSPS) is 13.6. The van der Waals surface area contributed by atoms with Gasteiger partial charge in [0.25, 0.3) is 0 Å². The van der Waals surface area contributed by atoms with E-state index < -0.39 is 0 Å². The maximum atomic E-state index is 12.1. The van der Waals surface area contributed by atoms with Crippen molar-refractivity contribution >= 4 is 28.5 Å². The molecule has 0 unspecified atom stereocenters. The highest BCUT2D eigenvalue weighted by Crippen LogP contribution is 2.32. The number of thiazole rings is 1. The molecular weight excluding hydrogens is 324 g/mol. The van der Waals surface area contributed by atoms with Gasteiger partial charge in [0.2, 0.25) is 5.91 Å². The van der Waals surface area contributed by atoms with Crippen molar-refractivity contribution in [1.29, 1.82) is 0 Å². The molecule has 0 radical (unpaired) electrons. The number of aromatic nitrogens is 1. The number of fused-ring (bicyclic) bond motifs is 1. The molecule has 2 aromatic rings. The zero-order chi connectivity index (χ0) is 16.9. The molecule has 1 aliphatic rings. The predicted octanol–water partition coefficient (Wildman–Crippen LogP) is 3.69. The molecule has 24 heavy (non-hydrogen) atoms. The van der Waals surface area contributed by atoms with Crippen LogP contribution in [-0.4, -0.2) is 25.1 Å². The van der Waals surface area contributed by atoms with E-state index in [-0.39, 0.29) is 5.91 Å². The fourth-order valence-corrected chi connectivity index (χ4v) is 3.81. The van der Waals surface area contributed by atoms with Crippen LogP contribution < -0.4 is 14.8 Å². The van der Waals surface area contributed by atoms with Crippen molar-refractivity contribution in [3.63, 3.8) is 0 Å². The predicted molar refractivity (Wildman–Crippen MR) is 96.0 cm³/mol. The quantitative estimate of drug-likeness (QED) is 0.841. The molecule has 1 aromatic carbocycles. The number of carbonyl (C=O) groups is 1. The Balaban J connectivity index is 1.70.